The van der Waals surface area contributed by atoms with Gasteiger partial charge in [0.1, 0.15) is 0 Å². The van der Waals surface area contributed by atoms with E-state index in [1.165, 1.54) is 0 Å². The van der Waals surface area contributed by atoms with Gasteiger partial charge in [0.05, 0.1) is 0 Å². The third-order valence-electron chi connectivity index (χ3n) is 2.63. The van der Waals surface area contributed by atoms with Crippen LogP contribution in [0.5, 0.6) is 0 Å². The number of hydrogen-bond donors (Lipinski definition) is 2. The van der Waals surface area contributed by atoms with Crippen LogP contribution in [-0.2, 0) is 4.74 Å². The number of methoxy groups -OCH3 is 1. The Hall–Kier alpha value is -0.0800. The normalized spacial score (nSPS) is 11.7. The topological polar surface area (TPSA) is 48.9 Å². The standard InChI is InChI=1S/C14H32N4O.HI/c1-6-15-14(17-12-13(2)3)16-8-10-18(4)9-7-11-19-5;/h13H,6-12H2,1-5H3,(H2,15,16,17);1H. The van der Waals surface area contributed by atoms with E-state index in [2.05, 4.69) is 48.3 Å². The summed E-state index contributed by atoms with van der Waals surface area (Å²) in [6.07, 6.45) is 1.08. The Morgan fingerprint density at radius 2 is 1.95 bits per heavy atom. The summed E-state index contributed by atoms with van der Waals surface area (Å²) < 4.78 is 5.05. The Labute approximate surface area is 141 Å². The van der Waals surface area contributed by atoms with Gasteiger partial charge in [-0.15, -0.1) is 24.0 Å². The van der Waals surface area contributed by atoms with Crippen LogP contribution in [0.15, 0.2) is 4.99 Å². The molecule has 0 aromatic carbocycles. The van der Waals surface area contributed by atoms with Crippen molar-refractivity contribution in [2.24, 2.45) is 10.9 Å². The fourth-order valence-electron chi connectivity index (χ4n) is 1.57. The van der Waals surface area contributed by atoms with Crippen LogP contribution in [0.1, 0.15) is 27.2 Å². The molecule has 0 atom stereocenters. The summed E-state index contributed by atoms with van der Waals surface area (Å²) in [4.78, 5) is 6.84. The molecule has 0 amide bonds. The molecular formula is C14H33IN4O. The van der Waals surface area contributed by atoms with Crippen molar-refractivity contribution in [3.05, 3.63) is 0 Å². The Kier molecular flexibility index (Phi) is 17.0. The highest BCUT2D eigenvalue weighted by atomic mass is 127. The predicted molar refractivity (Wildman–Crippen MR) is 98.2 cm³/mol. The van der Waals surface area contributed by atoms with E-state index < -0.39 is 0 Å². The zero-order valence-corrected chi connectivity index (χ0v) is 16.1. The van der Waals surface area contributed by atoms with Crippen molar-refractivity contribution in [3.63, 3.8) is 0 Å². The molecule has 0 bridgehead atoms. The van der Waals surface area contributed by atoms with Crippen molar-refractivity contribution in [1.82, 2.24) is 15.5 Å². The number of rotatable bonds is 10. The van der Waals surface area contributed by atoms with E-state index in [0.29, 0.717) is 5.92 Å². The van der Waals surface area contributed by atoms with Crippen LogP contribution in [0, 0.1) is 5.92 Å². The molecule has 0 aliphatic rings. The molecule has 0 heterocycles. The van der Waals surface area contributed by atoms with Crippen molar-refractivity contribution in [1.29, 1.82) is 0 Å². The van der Waals surface area contributed by atoms with Crippen molar-refractivity contribution in [3.8, 4) is 0 Å². The van der Waals surface area contributed by atoms with E-state index in [4.69, 9.17) is 4.74 Å². The van der Waals surface area contributed by atoms with Gasteiger partial charge in [-0.25, -0.2) is 0 Å². The zero-order chi connectivity index (χ0) is 14.5. The highest BCUT2D eigenvalue weighted by Gasteiger charge is 2.00. The van der Waals surface area contributed by atoms with Gasteiger partial charge in [-0.2, -0.15) is 0 Å². The van der Waals surface area contributed by atoms with Gasteiger partial charge >= 0.3 is 0 Å². The molecule has 0 aromatic heterocycles. The van der Waals surface area contributed by atoms with Crippen LogP contribution >= 0.6 is 24.0 Å². The van der Waals surface area contributed by atoms with Gasteiger partial charge in [0.2, 0.25) is 0 Å². The molecule has 20 heavy (non-hydrogen) atoms. The molecule has 0 saturated heterocycles. The maximum atomic E-state index is 5.05. The van der Waals surface area contributed by atoms with Gasteiger partial charge in [-0.05, 0) is 26.3 Å². The molecule has 0 aliphatic carbocycles. The maximum absolute atomic E-state index is 5.05. The number of guanidine groups is 1. The van der Waals surface area contributed by atoms with Gasteiger partial charge in [-0.1, -0.05) is 13.8 Å². The van der Waals surface area contributed by atoms with Crippen LogP contribution < -0.4 is 10.6 Å². The number of hydrogen-bond acceptors (Lipinski definition) is 3. The highest BCUT2D eigenvalue weighted by Crippen LogP contribution is 1.91. The van der Waals surface area contributed by atoms with E-state index in [9.17, 15) is 0 Å². The first-order chi connectivity index (χ1) is 9.10. The number of ether oxygens (including phenoxy) is 1. The summed E-state index contributed by atoms with van der Waals surface area (Å²) in [5.41, 5.74) is 0. The van der Waals surface area contributed by atoms with Gasteiger partial charge in [-0.3, -0.25) is 4.99 Å². The molecular weight excluding hydrogens is 367 g/mol. The van der Waals surface area contributed by atoms with Gasteiger partial charge < -0.3 is 20.3 Å². The maximum Gasteiger partial charge on any atom is 0.191 e. The lowest BCUT2D eigenvalue weighted by Gasteiger charge is -2.18. The molecule has 2 N–H and O–H groups in total. The average molecular weight is 400 g/mol. The molecule has 5 nitrogen and oxygen atoms in total. The summed E-state index contributed by atoms with van der Waals surface area (Å²) in [6, 6.07) is 0. The largest absolute Gasteiger partial charge is 0.385 e. The summed E-state index contributed by atoms with van der Waals surface area (Å²) in [7, 11) is 3.88. The smallest absolute Gasteiger partial charge is 0.191 e. The van der Waals surface area contributed by atoms with Crippen molar-refractivity contribution in [2.45, 2.75) is 27.2 Å². The van der Waals surface area contributed by atoms with E-state index in [-0.39, 0.29) is 24.0 Å². The van der Waals surface area contributed by atoms with Gasteiger partial charge in [0.25, 0.3) is 0 Å². The minimum Gasteiger partial charge on any atom is -0.385 e. The SMILES string of the molecule is CCNC(=NCC(C)C)NCCN(C)CCCOC.I. The summed E-state index contributed by atoms with van der Waals surface area (Å²) in [5.74, 6) is 1.51. The first kappa shape index (κ1) is 22.2. The second-order valence-corrected chi connectivity index (χ2v) is 5.19. The van der Waals surface area contributed by atoms with Crippen LogP contribution in [0.3, 0.4) is 0 Å². The molecule has 0 aliphatic heterocycles. The number of halogens is 1. The Morgan fingerprint density at radius 1 is 1.25 bits per heavy atom. The monoisotopic (exact) mass is 400 g/mol. The zero-order valence-electron chi connectivity index (χ0n) is 13.7. The van der Waals surface area contributed by atoms with Crippen molar-refractivity contribution >= 4 is 29.9 Å². The molecule has 0 saturated carbocycles. The van der Waals surface area contributed by atoms with E-state index in [0.717, 1.165) is 51.7 Å². The second kappa shape index (κ2) is 15.3. The van der Waals surface area contributed by atoms with Crippen molar-refractivity contribution in [2.75, 3.05) is 53.5 Å². The van der Waals surface area contributed by atoms with Crippen LogP contribution in [0.4, 0.5) is 0 Å². The summed E-state index contributed by atoms with van der Waals surface area (Å²) in [6.45, 7) is 12.0. The summed E-state index contributed by atoms with van der Waals surface area (Å²) in [5, 5.41) is 6.63. The van der Waals surface area contributed by atoms with E-state index >= 15 is 0 Å². The lowest BCUT2D eigenvalue weighted by atomic mass is 10.2. The summed E-state index contributed by atoms with van der Waals surface area (Å²) >= 11 is 0. The minimum absolute atomic E-state index is 0. The fourth-order valence-corrected chi connectivity index (χ4v) is 1.57. The second-order valence-electron chi connectivity index (χ2n) is 5.19. The predicted octanol–water partition coefficient (Wildman–Crippen LogP) is 1.78. The first-order valence-electron chi connectivity index (χ1n) is 7.29. The average Bonchev–Trinajstić information content (AvgIpc) is 2.36. The van der Waals surface area contributed by atoms with Crippen LogP contribution in [0.2, 0.25) is 0 Å². The lowest BCUT2D eigenvalue weighted by molar-refractivity contribution is 0.180. The number of nitrogens with zero attached hydrogens (tertiary/aromatic N) is 2. The van der Waals surface area contributed by atoms with Crippen LogP contribution in [-0.4, -0.2) is 64.3 Å². The molecule has 0 unspecified atom stereocenters. The molecule has 0 radical (unpaired) electrons. The molecule has 0 aromatic rings. The number of aliphatic imine (C=N–C) groups is 1. The van der Waals surface area contributed by atoms with Gasteiger partial charge in [0.15, 0.2) is 5.96 Å². The number of likely N-dealkylation sites (N-methyl/N-ethyl adjacent to an activating group) is 1. The molecule has 0 spiro atoms. The van der Waals surface area contributed by atoms with E-state index in [1.54, 1.807) is 7.11 Å². The molecule has 6 heteroatoms. The molecule has 0 fully saturated rings. The first-order valence-corrected chi connectivity index (χ1v) is 7.29. The van der Waals surface area contributed by atoms with Gasteiger partial charge in [0, 0.05) is 46.4 Å². The molecule has 122 valence electrons. The van der Waals surface area contributed by atoms with Crippen LogP contribution in [0.25, 0.3) is 0 Å². The van der Waals surface area contributed by atoms with Crippen molar-refractivity contribution < 1.29 is 4.74 Å². The Balaban J connectivity index is 0. The third kappa shape index (κ3) is 14.3. The Morgan fingerprint density at radius 3 is 2.50 bits per heavy atom. The minimum atomic E-state index is 0. The third-order valence-corrected chi connectivity index (χ3v) is 2.63. The Bertz CT molecular complexity index is 237. The quantitative estimate of drug-likeness (QED) is 0.254. The number of nitrogens with one attached hydrogen (secondary N) is 2. The van der Waals surface area contributed by atoms with E-state index in [1.807, 2.05) is 0 Å². The molecule has 0 rings (SSSR count). The lowest BCUT2D eigenvalue weighted by Crippen LogP contribution is -2.41. The fraction of sp³-hybridized carbons (Fsp3) is 0.929. The highest BCUT2D eigenvalue weighted by molar-refractivity contribution is 14.0.